The number of aromatic nitrogens is 1. The second-order valence-electron chi connectivity index (χ2n) is 2.24. The minimum Gasteiger partial charge on any atom is -0.212 e. The van der Waals surface area contributed by atoms with Crippen molar-refractivity contribution in [1.29, 1.82) is 0 Å². The fourth-order valence-electron chi connectivity index (χ4n) is 0.881. The average Bonchev–Trinajstić information content (AvgIpc) is 2.01. The van der Waals surface area contributed by atoms with Crippen molar-refractivity contribution in [3.05, 3.63) is 27.7 Å². The third kappa shape index (κ3) is 2.43. The van der Waals surface area contributed by atoms with E-state index in [2.05, 4.69) is 36.8 Å². The molecule has 0 N–H and O–H groups in total. The highest BCUT2D eigenvalue weighted by atomic mass is 79.9. The molecule has 0 bridgehead atoms. The molecule has 6 heteroatoms. The molecule has 0 aliphatic rings. The van der Waals surface area contributed by atoms with Gasteiger partial charge in [-0.1, -0.05) is 15.9 Å². The Morgan fingerprint density at radius 2 is 2.08 bits per heavy atom. The van der Waals surface area contributed by atoms with Crippen LogP contribution >= 0.6 is 31.9 Å². The first-order valence-electron chi connectivity index (χ1n) is 3.25. The van der Waals surface area contributed by atoms with Crippen molar-refractivity contribution in [2.75, 3.05) is 0 Å². The Hall–Kier alpha value is -0.100. The van der Waals surface area contributed by atoms with Crippen LogP contribution in [-0.2, 0) is 5.33 Å². The molecule has 0 amide bonds. The fourth-order valence-corrected chi connectivity index (χ4v) is 1.94. The Kier molecular flexibility index (Phi) is 3.73. The van der Waals surface area contributed by atoms with Crippen molar-refractivity contribution < 1.29 is 13.2 Å². The Morgan fingerprint density at radius 3 is 2.54 bits per heavy atom. The molecular formula is C7H4Br2F3N. The van der Waals surface area contributed by atoms with E-state index in [0.29, 0.717) is 0 Å². The van der Waals surface area contributed by atoms with Gasteiger partial charge in [0.25, 0.3) is 6.43 Å². The number of hydrogen-bond donors (Lipinski definition) is 0. The molecule has 72 valence electrons. The van der Waals surface area contributed by atoms with Crippen LogP contribution in [0, 0.1) is 5.95 Å². The highest BCUT2D eigenvalue weighted by Crippen LogP contribution is 2.30. The third-order valence-corrected chi connectivity index (χ3v) is 2.64. The molecule has 0 aromatic carbocycles. The van der Waals surface area contributed by atoms with E-state index in [1.807, 2.05) is 0 Å². The summed E-state index contributed by atoms with van der Waals surface area (Å²) < 4.78 is 37.3. The van der Waals surface area contributed by atoms with Gasteiger partial charge in [-0.3, -0.25) is 0 Å². The monoisotopic (exact) mass is 317 g/mol. The lowest BCUT2D eigenvalue weighted by molar-refractivity contribution is 0.149. The molecule has 0 spiro atoms. The number of rotatable bonds is 2. The zero-order chi connectivity index (χ0) is 10.0. The van der Waals surface area contributed by atoms with Gasteiger partial charge in [0.1, 0.15) is 4.60 Å². The molecule has 0 atom stereocenters. The zero-order valence-electron chi connectivity index (χ0n) is 6.20. The number of alkyl halides is 3. The highest BCUT2D eigenvalue weighted by molar-refractivity contribution is 9.10. The molecule has 0 aliphatic heterocycles. The Balaban J connectivity index is 3.30. The van der Waals surface area contributed by atoms with Crippen LogP contribution in [0.15, 0.2) is 10.7 Å². The standard InChI is InChI=1S/C7H4Br2F3N/c8-2-3-1-4(10)13-6(9)5(3)7(11)12/h1,7H,2H2. The summed E-state index contributed by atoms with van der Waals surface area (Å²) in [7, 11) is 0. The molecule has 0 saturated carbocycles. The highest BCUT2D eigenvalue weighted by Gasteiger charge is 2.18. The molecule has 0 unspecified atom stereocenters. The average molecular weight is 319 g/mol. The van der Waals surface area contributed by atoms with Gasteiger partial charge in [0.15, 0.2) is 0 Å². The van der Waals surface area contributed by atoms with Crippen LogP contribution in [0.2, 0.25) is 0 Å². The lowest BCUT2D eigenvalue weighted by atomic mass is 10.2. The van der Waals surface area contributed by atoms with Crippen LogP contribution in [0.5, 0.6) is 0 Å². The van der Waals surface area contributed by atoms with E-state index in [4.69, 9.17) is 0 Å². The first-order valence-corrected chi connectivity index (χ1v) is 5.16. The summed E-state index contributed by atoms with van der Waals surface area (Å²) in [6.45, 7) is 0. The predicted octanol–water partition coefficient (Wildman–Crippen LogP) is 3.82. The molecule has 0 radical (unpaired) electrons. The van der Waals surface area contributed by atoms with Gasteiger partial charge in [-0.25, -0.2) is 13.8 Å². The van der Waals surface area contributed by atoms with Gasteiger partial charge in [-0.05, 0) is 27.6 Å². The van der Waals surface area contributed by atoms with Gasteiger partial charge in [0.05, 0.1) is 5.56 Å². The molecule has 1 nitrogen and oxygen atoms in total. The molecule has 0 fully saturated rings. The Bertz CT molecular complexity index is 317. The van der Waals surface area contributed by atoms with Crippen molar-refractivity contribution >= 4 is 31.9 Å². The lowest BCUT2D eigenvalue weighted by Crippen LogP contribution is -1.98. The van der Waals surface area contributed by atoms with Crippen LogP contribution in [0.1, 0.15) is 17.6 Å². The normalized spacial score (nSPS) is 10.9. The summed E-state index contributed by atoms with van der Waals surface area (Å²) in [5.41, 5.74) is -0.0624. The van der Waals surface area contributed by atoms with Gasteiger partial charge >= 0.3 is 0 Å². The first-order chi connectivity index (χ1) is 6.06. The lowest BCUT2D eigenvalue weighted by Gasteiger charge is -2.07. The molecular weight excluding hydrogens is 315 g/mol. The van der Waals surface area contributed by atoms with Crippen LogP contribution in [0.4, 0.5) is 13.2 Å². The van der Waals surface area contributed by atoms with E-state index >= 15 is 0 Å². The topological polar surface area (TPSA) is 12.9 Å². The molecule has 1 aromatic rings. The Morgan fingerprint density at radius 1 is 1.46 bits per heavy atom. The van der Waals surface area contributed by atoms with Gasteiger partial charge in [0, 0.05) is 5.33 Å². The largest absolute Gasteiger partial charge is 0.266 e. The van der Waals surface area contributed by atoms with E-state index in [1.165, 1.54) is 0 Å². The van der Waals surface area contributed by atoms with Crippen LogP contribution in [0.25, 0.3) is 0 Å². The molecule has 0 saturated heterocycles. The van der Waals surface area contributed by atoms with Crippen molar-refractivity contribution in [3.63, 3.8) is 0 Å². The summed E-state index contributed by atoms with van der Waals surface area (Å²) in [5, 5.41) is 0.171. The van der Waals surface area contributed by atoms with E-state index < -0.39 is 12.4 Å². The van der Waals surface area contributed by atoms with E-state index in [0.717, 1.165) is 6.07 Å². The summed E-state index contributed by atoms with van der Waals surface area (Å²) >= 11 is 5.78. The molecule has 13 heavy (non-hydrogen) atoms. The number of nitrogens with zero attached hydrogens (tertiary/aromatic N) is 1. The zero-order valence-corrected chi connectivity index (χ0v) is 9.37. The maximum Gasteiger partial charge on any atom is 0.266 e. The van der Waals surface area contributed by atoms with Crippen molar-refractivity contribution in [3.8, 4) is 0 Å². The minimum atomic E-state index is -2.66. The second kappa shape index (κ2) is 4.41. The third-order valence-electron chi connectivity index (χ3n) is 1.43. The smallest absolute Gasteiger partial charge is 0.212 e. The summed E-state index contributed by atoms with van der Waals surface area (Å²) in [6, 6.07) is 0.987. The van der Waals surface area contributed by atoms with Gasteiger partial charge in [-0.2, -0.15) is 4.39 Å². The fraction of sp³-hybridized carbons (Fsp3) is 0.286. The molecule has 1 heterocycles. The minimum absolute atomic E-state index is 0.142. The maximum atomic E-state index is 12.7. The Labute approximate surface area is 89.6 Å². The van der Waals surface area contributed by atoms with Gasteiger partial charge in [-0.15, -0.1) is 0 Å². The van der Waals surface area contributed by atoms with Crippen molar-refractivity contribution in [2.24, 2.45) is 0 Å². The summed E-state index contributed by atoms with van der Waals surface area (Å²) in [5.74, 6) is -0.772. The second-order valence-corrected chi connectivity index (χ2v) is 3.55. The van der Waals surface area contributed by atoms with E-state index in [9.17, 15) is 13.2 Å². The quantitative estimate of drug-likeness (QED) is 0.597. The van der Waals surface area contributed by atoms with E-state index in [-0.39, 0.29) is 21.1 Å². The molecule has 1 aromatic heterocycles. The van der Waals surface area contributed by atoms with Crippen LogP contribution in [-0.4, -0.2) is 4.98 Å². The van der Waals surface area contributed by atoms with Crippen molar-refractivity contribution in [1.82, 2.24) is 4.98 Å². The number of pyridine rings is 1. The number of hydrogen-bond acceptors (Lipinski definition) is 1. The van der Waals surface area contributed by atoms with Crippen LogP contribution in [0.3, 0.4) is 0 Å². The van der Waals surface area contributed by atoms with Gasteiger partial charge < -0.3 is 0 Å². The van der Waals surface area contributed by atoms with Gasteiger partial charge in [0.2, 0.25) is 5.95 Å². The van der Waals surface area contributed by atoms with E-state index in [1.54, 1.807) is 0 Å². The maximum absolute atomic E-state index is 12.7. The molecule has 0 aliphatic carbocycles. The summed E-state index contributed by atoms with van der Waals surface area (Å²) in [4.78, 5) is 3.25. The SMILES string of the molecule is Fc1cc(CBr)c(C(F)F)c(Br)n1. The van der Waals surface area contributed by atoms with Crippen LogP contribution < -0.4 is 0 Å². The first kappa shape index (κ1) is 11.0. The van der Waals surface area contributed by atoms with Crippen molar-refractivity contribution in [2.45, 2.75) is 11.8 Å². The predicted molar refractivity (Wildman–Crippen MR) is 49.5 cm³/mol. The summed E-state index contributed by atoms with van der Waals surface area (Å²) in [6.07, 6.45) is -2.66. The molecule has 1 rings (SSSR count). The number of halogens is 5.